The minimum Gasteiger partial charge on any atom is -0.546 e. The molecule has 5 heteroatoms. The van der Waals surface area contributed by atoms with Crippen molar-refractivity contribution in [2.24, 2.45) is 5.92 Å². The third-order valence-electron chi connectivity index (χ3n) is 6.40. The van der Waals surface area contributed by atoms with Crippen LogP contribution in [0.2, 0.25) is 36.3 Å². The van der Waals surface area contributed by atoms with Gasteiger partial charge in [-0.2, -0.15) is 5.26 Å². The predicted octanol–water partition coefficient (Wildman–Crippen LogP) is 6.61. The largest absolute Gasteiger partial charge is 0.546 e. The molecule has 1 aliphatic rings. The van der Waals surface area contributed by atoms with Gasteiger partial charge in [0.25, 0.3) is 0 Å². The molecule has 0 spiro atoms. The van der Waals surface area contributed by atoms with E-state index in [-0.39, 0.29) is 22.1 Å². The summed E-state index contributed by atoms with van der Waals surface area (Å²) in [6, 6.07) is 2.42. The molecule has 1 rings (SSSR count). The molecule has 0 unspecified atom stereocenters. The summed E-state index contributed by atoms with van der Waals surface area (Å²) in [7, 11) is -3.79. The lowest BCUT2D eigenvalue weighted by atomic mass is 9.87. The van der Waals surface area contributed by atoms with Gasteiger partial charge >= 0.3 is 0 Å². The van der Waals surface area contributed by atoms with Crippen molar-refractivity contribution in [2.45, 2.75) is 104 Å². The van der Waals surface area contributed by atoms with Crippen LogP contribution in [0.3, 0.4) is 0 Å². The van der Waals surface area contributed by atoms with Crippen molar-refractivity contribution in [1.29, 1.82) is 5.26 Å². The molecule has 2 atom stereocenters. The first-order chi connectivity index (χ1) is 11.0. The van der Waals surface area contributed by atoms with Gasteiger partial charge in [-0.05, 0) is 48.6 Å². The van der Waals surface area contributed by atoms with Gasteiger partial charge in [0.05, 0.1) is 23.5 Å². The standard InChI is InChI=1S/C20H39NO2Si2/c1-15-12-16(22-24(8,9)19(2,3)4)13-18(17(15)14-21)23-25(10,11)20(5,6)7/h15-16H,12-13H2,1-11H3/t15-,16-/m0/s1. The van der Waals surface area contributed by atoms with Gasteiger partial charge in [0.1, 0.15) is 0 Å². The Balaban J connectivity index is 3.09. The maximum absolute atomic E-state index is 9.68. The van der Waals surface area contributed by atoms with Crippen molar-refractivity contribution in [3.05, 3.63) is 11.3 Å². The monoisotopic (exact) mass is 381 g/mol. The van der Waals surface area contributed by atoms with Gasteiger partial charge < -0.3 is 8.85 Å². The van der Waals surface area contributed by atoms with Crippen LogP contribution in [-0.2, 0) is 8.85 Å². The lowest BCUT2D eigenvalue weighted by Gasteiger charge is -2.43. The molecule has 0 aromatic carbocycles. The Hall–Kier alpha value is -0.576. The first kappa shape index (κ1) is 22.5. The normalized spacial score (nSPS) is 23.4. The van der Waals surface area contributed by atoms with Gasteiger partial charge in [0.15, 0.2) is 8.32 Å². The lowest BCUT2D eigenvalue weighted by molar-refractivity contribution is 0.132. The number of rotatable bonds is 4. The van der Waals surface area contributed by atoms with E-state index >= 15 is 0 Å². The molecule has 0 fully saturated rings. The van der Waals surface area contributed by atoms with Crippen LogP contribution >= 0.6 is 0 Å². The molecule has 144 valence electrons. The van der Waals surface area contributed by atoms with Crippen molar-refractivity contribution in [3.8, 4) is 6.07 Å². The molecular weight excluding hydrogens is 342 g/mol. The summed E-state index contributed by atoms with van der Waals surface area (Å²) < 4.78 is 13.2. The molecule has 25 heavy (non-hydrogen) atoms. The van der Waals surface area contributed by atoms with E-state index in [4.69, 9.17) is 8.85 Å². The van der Waals surface area contributed by atoms with Gasteiger partial charge in [0.2, 0.25) is 8.32 Å². The molecule has 0 radical (unpaired) electrons. The van der Waals surface area contributed by atoms with Crippen molar-refractivity contribution < 1.29 is 8.85 Å². The zero-order valence-corrected chi connectivity index (χ0v) is 20.3. The lowest BCUT2D eigenvalue weighted by Crippen LogP contribution is -2.46. The molecule has 0 aromatic rings. The van der Waals surface area contributed by atoms with Crippen LogP contribution in [-0.4, -0.2) is 22.7 Å². The van der Waals surface area contributed by atoms with Crippen LogP contribution in [0.25, 0.3) is 0 Å². The van der Waals surface area contributed by atoms with E-state index in [1.807, 2.05) is 0 Å². The number of nitrogens with zero attached hydrogens (tertiary/aromatic N) is 1. The Morgan fingerprint density at radius 2 is 1.44 bits per heavy atom. The fraction of sp³-hybridized carbons (Fsp3) is 0.850. The Morgan fingerprint density at radius 1 is 0.960 bits per heavy atom. The maximum atomic E-state index is 9.68. The second kappa shape index (κ2) is 7.21. The number of hydrogen-bond acceptors (Lipinski definition) is 3. The summed E-state index contributed by atoms with van der Waals surface area (Å²) in [6.45, 7) is 24.8. The summed E-state index contributed by atoms with van der Waals surface area (Å²) in [5, 5.41) is 9.99. The number of hydrogen-bond donors (Lipinski definition) is 0. The highest BCUT2D eigenvalue weighted by atomic mass is 28.4. The smallest absolute Gasteiger partial charge is 0.250 e. The van der Waals surface area contributed by atoms with Crippen LogP contribution in [0.5, 0.6) is 0 Å². The molecule has 3 nitrogen and oxygen atoms in total. The molecule has 1 aliphatic carbocycles. The Bertz CT molecular complexity index is 560. The van der Waals surface area contributed by atoms with E-state index in [9.17, 15) is 5.26 Å². The van der Waals surface area contributed by atoms with E-state index in [1.54, 1.807) is 0 Å². The van der Waals surface area contributed by atoms with Crippen LogP contribution in [0, 0.1) is 17.2 Å². The van der Waals surface area contributed by atoms with Crippen molar-refractivity contribution in [1.82, 2.24) is 0 Å². The van der Waals surface area contributed by atoms with Gasteiger partial charge in [-0.15, -0.1) is 0 Å². The zero-order chi connectivity index (χ0) is 19.8. The van der Waals surface area contributed by atoms with Crippen LogP contribution in [0.15, 0.2) is 11.3 Å². The molecule has 0 aromatic heterocycles. The van der Waals surface area contributed by atoms with Crippen molar-refractivity contribution in [3.63, 3.8) is 0 Å². The topological polar surface area (TPSA) is 42.2 Å². The summed E-state index contributed by atoms with van der Waals surface area (Å²) in [5.74, 6) is 1.10. The summed E-state index contributed by atoms with van der Waals surface area (Å²) >= 11 is 0. The van der Waals surface area contributed by atoms with Crippen molar-refractivity contribution in [2.75, 3.05) is 0 Å². The molecule has 0 aliphatic heterocycles. The minimum atomic E-state index is -1.96. The first-order valence-corrected chi connectivity index (χ1v) is 15.3. The van der Waals surface area contributed by atoms with Gasteiger partial charge in [0, 0.05) is 6.42 Å². The fourth-order valence-corrected chi connectivity index (χ4v) is 5.08. The molecule has 0 saturated carbocycles. The number of allylic oxidation sites excluding steroid dienone is 1. The van der Waals surface area contributed by atoms with Gasteiger partial charge in [-0.1, -0.05) is 48.5 Å². The highest BCUT2D eigenvalue weighted by Gasteiger charge is 2.44. The second-order valence-corrected chi connectivity index (χ2v) is 20.1. The molecule has 0 amide bonds. The van der Waals surface area contributed by atoms with E-state index in [0.717, 1.165) is 24.2 Å². The Labute approximate surface area is 158 Å². The van der Waals surface area contributed by atoms with E-state index in [2.05, 4.69) is 80.7 Å². The summed E-state index contributed by atoms with van der Waals surface area (Å²) in [4.78, 5) is 0. The fourth-order valence-electron chi connectivity index (χ4n) is 2.60. The summed E-state index contributed by atoms with van der Waals surface area (Å²) in [6.07, 6.45) is 1.82. The van der Waals surface area contributed by atoms with Crippen molar-refractivity contribution >= 4 is 16.6 Å². The minimum absolute atomic E-state index is 0.122. The SMILES string of the molecule is C[C@H]1C[C@H](O[Si](C)(C)C(C)(C)C)CC(O[Si](C)(C)C(C)(C)C)=C1C#N. The third-order valence-corrected chi connectivity index (χ3v) is 15.3. The highest BCUT2D eigenvalue weighted by Crippen LogP contribution is 2.44. The zero-order valence-electron chi connectivity index (χ0n) is 18.3. The molecule has 0 bridgehead atoms. The highest BCUT2D eigenvalue weighted by molar-refractivity contribution is 6.74. The molecular formula is C20H39NO2Si2. The summed E-state index contributed by atoms with van der Waals surface area (Å²) in [5.41, 5.74) is 0.833. The Kier molecular flexibility index (Phi) is 6.48. The average molecular weight is 382 g/mol. The van der Waals surface area contributed by atoms with Crippen LogP contribution in [0.1, 0.15) is 61.3 Å². The van der Waals surface area contributed by atoms with E-state index in [1.165, 1.54) is 0 Å². The molecule has 0 saturated heterocycles. The maximum Gasteiger partial charge on any atom is 0.250 e. The number of nitriles is 1. The third kappa shape index (κ3) is 5.21. The quantitative estimate of drug-likeness (QED) is 0.515. The van der Waals surface area contributed by atoms with E-state index < -0.39 is 16.6 Å². The first-order valence-electron chi connectivity index (χ1n) is 9.52. The van der Waals surface area contributed by atoms with E-state index in [0.29, 0.717) is 0 Å². The average Bonchev–Trinajstić information content (AvgIpc) is 2.34. The second-order valence-electron chi connectivity index (χ2n) is 10.7. The van der Waals surface area contributed by atoms with Gasteiger partial charge in [-0.3, -0.25) is 0 Å². The van der Waals surface area contributed by atoms with Crippen LogP contribution < -0.4 is 0 Å². The van der Waals surface area contributed by atoms with Gasteiger partial charge in [-0.25, -0.2) is 0 Å². The predicted molar refractivity (Wildman–Crippen MR) is 111 cm³/mol. The molecule has 0 heterocycles. The van der Waals surface area contributed by atoms with Crippen LogP contribution in [0.4, 0.5) is 0 Å². The molecule has 0 N–H and O–H groups in total. The Morgan fingerprint density at radius 3 is 1.84 bits per heavy atom.